The van der Waals surface area contributed by atoms with E-state index in [2.05, 4.69) is 25.8 Å². The molecule has 2 heterocycles. The van der Waals surface area contributed by atoms with Crippen LogP contribution in [-0.4, -0.2) is 54.6 Å². The van der Waals surface area contributed by atoms with E-state index in [1.165, 1.54) is 19.2 Å². The second-order valence-electron chi connectivity index (χ2n) is 9.07. The second kappa shape index (κ2) is 12.8. The minimum Gasteiger partial charge on any atom is -0.469 e. The fraction of sp³-hybridized carbons (Fsp3) is 0.407. The van der Waals surface area contributed by atoms with Crippen molar-refractivity contribution in [1.29, 1.82) is 0 Å². The first-order chi connectivity index (χ1) is 18.3. The third kappa shape index (κ3) is 7.48. The first-order valence-corrected chi connectivity index (χ1v) is 12.6. The highest BCUT2D eigenvalue weighted by Gasteiger charge is 2.30. The number of esters is 1. The number of hydrogen-bond donors (Lipinski definition) is 4. The number of aryl methyl sites for hydroxylation is 1. The average Bonchev–Trinajstić information content (AvgIpc) is 3.53. The topological polar surface area (TPSA) is 104 Å². The van der Waals surface area contributed by atoms with Crippen molar-refractivity contribution in [2.45, 2.75) is 38.4 Å². The monoisotopic (exact) mass is 531 g/mol. The quantitative estimate of drug-likeness (QED) is 0.132. The Hall–Kier alpha value is -3.57. The molecule has 204 valence electrons. The number of ether oxygens (including phenoxy) is 2. The van der Waals surface area contributed by atoms with E-state index in [0.717, 1.165) is 53.3 Å². The summed E-state index contributed by atoms with van der Waals surface area (Å²) in [5.41, 5.74) is 3.76. The van der Waals surface area contributed by atoms with Crippen LogP contribution in [0.2, 0.25) is 0 Å². The Bertz CT molecular complexity index is 1350. The number of fused-ring (bicyclic) bond motifs is 2. The van der Waals surface area contributed by atoms with Gasteiger partial charge in [0.1, 0.15) is 0 Å². The molecule has 0 unspecified atom stereocenters. The molecule has 2 aromatic heterocycles. The fourth-order valence-corrected chi connectivity index (χ4v) is 4.25. The van der Waals surface area contributed by atoms with Gasteiger partial charge in [0.15, 0.2) is 0 Å². The number of alkyl halides is 3. The van der Waals surface area contributed by atoms with Crippen molar-refractivity contribution in [3.63, 3.8) is 0 Å². The molecule has 4 N–H and O–H groups in total. The largest absolute Gasteiger partial charge is 0.469 e. The number of unbranched alkanes of at least 4 members (excludes halogenated alkanes) is 1. The molecular formula is C27H32F3N5O3. The number of anilines is 1. The van der Waals surface area contributed by atoms with E-state index in [1.54, 1.807) is 12.3 Å². The van der Waals surface area contributed by atoms with Crippen LogP contribution in [-0.2, 0) is 33.4 Å². The Morgan fingerprint density at radius 3 is 2.74 bits per heavy atom. The molecule has 0 aliphatic carbocycles. The van der Waals surface area contributed by atoms with Crippen molar-refractivity contribution >= 4 is 33.5 Å². The number of hydrogen-bond acceptors (Lipinski definition) is 6. The van der Waals surface area contributed by atoms with Crippen LogP contribution in [0, 0.1) is 0 Å². The third-order valence-electron chi connectivity index (χ3n) is 6.24. The van der Waals surface area contributed by atoms with Gasteiger partial charge in [-0.15, -0.1) is 0 Å². The Morgan fingerprint density at radius 1 is 1.05 bits per heavy atom. The van der Waals surface area contributed by atoms with Crippen LogP contribution >= 0.6 is 0 Å². The molecule has 11 heteroatoms. The van der Waals surface area contributed by atoms with E-state index in [4.69, 9.17) is 9.47 Å². The van der Waals surface area contributed by atoms with Crippen molar-refractivity contribution in [3.8, 4) is 0 Å². The maximum absolute atomic E-state index is 12.9. The van der Waals surface area contributed by atoms with Gasteiger partial charge in [-0.2, -0.15) is 18.3 Å². The summed E-state index contributed by atoms with van der Waals surface area (Å²) in [5.74, 6) is -0.242. The summed E-state index contributed by atoms with van der Waals surface area (Å²) >= 11 is 0. The highest BCUT2D eigenvalue weighted by Crippen LogP contribution is 2.31. The number of aromatic nitrogens is 3. The SMILES string of the molecule is COC(=O)CCc1cc(NCCOCCCCNCc2cc3cc(C(F)(F)F)ccc3[nH]2)c2cn[nH]c2c1. The zero-order valence-corrected chi connectivity index (χ0v) is 21.2. The van der Waals surface area contributed by atoms with Crippen LogP contribution in [0.5, 0.6) is 0 Å². The maximum Gasteiger partial charge on any atom is 0.416 e. The van der Waals surface area contributed by atoms with Crippen molar-refractivity contribution in [3.05, 3.63) is 59.4 Å². The Kier molecular flexibility index (Phi) is 9.24. The molecule has 0 bridgehead atoms. The van der Waals surface area contributed by atoms with Crippen molar-refractivity contribution in [2.24, 2.45) is 0 Å². The molecule has 0 spiro atoms. The molecule has 0 saturated carbocycles. The number of aromatic amines is 2. The molecule has 4 aromatic rings. The highest BCUT2D eigenvalue weighted by molar-refractivity contribution is 5.91. The van der Waals surface area contributed by atoms with Gasteiger partial charge in [0.25, 0.3) is 0 Å². The molecule has 8 nitrogen and oxygen atoms in total. The molecule has 38 heavy (non-hydrogen) atoms. The smallest absolute Gasteiger partial charge is 0.416 e. The molecule has 0 aliphatic heterocycles. The lowest BCUT2D eigenvalue weighted by atomic mass is 10.1. The molecule has 0 saturated heterocycles. The van der Waals surface area contributed by atoms with E-state index < -0.39 is 11.7 Å². The first kappa shape index (κ1) is 27.5. The van der Waals surface area contributed by atoms with E-state index in [9.17, 15) is 18.0 Å². The average molecular weight is 532 g/mol. The molecule has 4 rings (SSSR count). The Labute approximate surface area is 218 Å². The number of nitrogens with one attached hydrogen (secondary N) is 4. The van der Waals surface area contributed by atoms with Crippen molar-refractivity contribution in [2.75, 3.05) is 38.7 Å². The van der Waals surface area contributed by atoms with Gasteiger partial charge in [0, 0.05) is 53.8 Å². The highest BCUT2D eigenvalue weighted by atomic mass is 19.4. The predicted molar refractivity (Wildman–Crippen MR) is 140 cm³/mol. The summed E-state index contributed by atoms with van der Waals surface area (Å²) < 4.78 is 49.1. The number of methoxy groups -OCH3 is 1. The van der Waals surface area contributed by atoms with Crippen LogP contribution in [0.1, 0.15) is 36.1 Å². The Balaban J connectivity index is 1.11. The zero-order valence-electron chi connectivity index (χ0n) is 21.2. The normalized spacial score (nSPS) is 11.9. The lowest BCUT2D eigenvalue weighted by Gasteiger charge is -2.11. The van der Waals surface area contributed by atoms with Crippen LogP contribution in [0.4, 0.5) is 18.9 Å². The van der Waals surface area contributed by atoms with Gasteiger partial charge < -0.3 is 25.1 Å². The van der Waals surface area contributed by atoms with Crippen molar-refractivity contribution in [1.82, 2.24) is 20.5 Å². The fourth-order valence-electron chi connectivity index (χ4n) is 4.25. The number of halogens is 3. The van der Waals surface area contributed by atoms with E-state index in [1.807, 2.05) is 12.1 Å². The van der Waals surface area contributed by atoms with Gasteiger partial charge in [-0.1, -0.05) is 0 Å². The lowest BCUT2D eigenvalue weighted by molar-refractivity contribution is -0.140. The van der Waals surface area contributed by atoms with Crippen LogP contribution < -0.4 is 10.6 Å². The second-order valence-corrected chi connectivity index (χ2v) is 9.07. The van der Waals surface area contributed by atoms with Gasteiger partial charge in [0.05, 0.1) is 31.0 Å². The summed E-state index contributed by atoms with van der Waals surface area (Å²) in [4.78, 5) is 14.6. The molecular weight excluding hydrogens is 499 g/mol. The Morgan fingerprint density at radius 2 is 1.92 bits per heavy atom. The molecule has 0 aliphatic rings. The lowest BCUT2D eigenvalue weighted by Crippen LogP contribution is -2.16. The van der Waals surface area contributed by atoms with Gasteiger partial charge in [-0.05, 0) is 67.8 Å². The van der Waals surface area contributed by atoms with E-state index >= 15 is 0 Å². The van der Waals surface area contributed by atoms with E-state index in [-0.39, 0.29) is 5.97 Å². The number of H-pyrrole nitrogens is 2. The minimum absolute atomic E-state index is 0.242. The van der Waals surface area contributed by atoms with Gasteiger partial charge >= 0.3 is 12.1 Å². The number of carbonyl (C=O) groups is 1. The number of carbonyl (C=O) groups excluding carboxylic acids is 1. The minimum atomic E-state index is -4.34. The number of rotatable bonds is 14. The first-order valence-electron chi connectivity index (χ1n) is 12.6. The summed E-state index contributed by atoms with van der Waals surface area (Å²) in [6.45, 7) is 3.16. The van der Waals surface area contributed by atoms with Crippen LogP contribution in [0.25, 0.3) is 21.8 Å². The van der Waals surface area contributed by atoms with Crippen LogP contribution in [0.3, 0.4) is 0 Å². The molecule has 0 atom stereocenters. The summed E-state index contributed by atoms with van der Waals surface area (Å²) in [6.07, 6.45) is 0.142. The number of benzene rings is 2. The standard InChI is InChI=1S/C27H32F3N5O3/c1-37-26(36)7-4-18-12-24(22-17-33-35-25(22)13-18)32-9-11-38-10-3-2-8-31-16-21-15-19-14-20(27(28,29)30)5-6-23(19)34-21/h5-6,12-15,17,31-32,34H,2-4,7-11,16H2,1H3,(H,33,35). The zero-order chi connectivity index (χ0) is 27.0. The van der Waals surface area contributed by atoms with Crippen LogP contribution in [0.15, 0.2) is 42.6 Å². The summed E-state index contributed by atoms with van der Waals surface area (Å²) in [6, 6.07) is 9.49. The maximum atomic E-state index is 12.9. The number of nitrogens with zero attached hydrogens (tertiary/aromatic N) is 1. The predicted octanol–water partition coefficient (Wildman–Crippen LogP) is 5.17. The molecule has 0 amide bonds. The van der Waals surface area contributed by atoms with Gasteiger partial charge in [-0.3, -0.25) is 9.89 Å². The molecule has 0 radical (unpaired) electrons. The summed E-state index contributed by atoms with van der Waals surface area (Å²) in [7, 11) is 1.38. The van der Waals surface area contributed by atoms with Crippen molar-refractivity contribution < 1.29 is 27.4 Å². The van der Waals surface area contributed by atoms with Gasteiger partial charge in [0.2, 0.25) is 0 Å². The third-order valence-corrected chi connectivity index (χ3v) is 6.24. The molecule has 2 aromatic carbocycles. The van der Waals surface area contributed by atoms with Gasteiger partial charge in [-0.25, -0.2) is 0 Å². The van der Waals surface area contributed by atoms with E-state index in [0.29, 0.717) is 50.0 Å². The molecule has 0 fully saturated rings. The summed E-state index contributed by atoms with van der Waals surface area (Å²) in [5, 5.41) is 15.3.